The van der Waals surface area contributed by atoms with Crippen LogP contribution in [0, 0.1) is 17.2 Å². The van der Waals surface area contributed by atoms with Crippen molar-refractivity contribution in [1.82, 2.24) is 4.98 Å². The third-order valence-corrected chi connectivity index (χ3v) is 3.70. The number of aliphatic carboxylic acids is 1. The monoisotopic (exact) mass is 273 g/mol. The van der Waals surface area contributed by atoms with Gasteiger partial charge in [-0.25, -0.2) is 4.98 Å². The molecule has 0 aliphatic heterocycles. The summed E-state index contributed by atoms with van der Waals surface area (Å²) in [5.41, 5.74) is 2.86. The minimum Gasteiger partial charge on any atom is -0.481 e. The van der Waals surface area contributed by atoms with Crippen molar-refractivity contribution in [2.45, 2.75) is 39.0 Å². The zero-order chi connectivity index (χ0) is 14.5. The van der Waals surface area contributed by atoms with Crippen molar-refractivity contribution in [1.29, 1.82) is 5.26 Å². The van der Waals surface area contributed by atoms with Crippen LogP contribution in [0.25, 0.3) is 0 Å². The van der Waals surface area contributed by atoms with Crippen LogP contribution in [0.2, 0.25) is 0 Å². The first kappa shape index (κ1) is 14.3. The summed E-state index contributed by atoms with van der Waals surface area (Å²) in [6.45, 7) is 2.34. The highest BCUT2D eigenvalue weighted by Crippen LogP contribution is 2.24. The SMILES string of the molecule is CC(CCCNc1nc2c(cc1C#N)CCC2)C(=O)O. The number of carboxylic acids is 1. The van der Waals surface area contributed by atoms with Gasteiger partial charge in [0.05, 0.1) is 11.5 Å². The molecule has 2 N–H and O–H groups in total. The second-order valence-corrected chi connectivity index (χ2v) is 5.26. The van der Waals surface area contributed by atoms with E-state index < -0.39 is 5.97 Å². The van der Waals surface area contributed by atoms with Gasteiger partial charge in [-0.1, -0.05) is 6.92 Å². The summed E-state index contributed by atoms with van der Waals surface area (Å²) >= 11 is 0. The summed E-state index contributed by atoms with van der Waals surface area (Å²) in [6.07, 6.45) is 4.46. The Labute approximate surface area is 118 Å². The van der Waals surface area contributed by atoms with Crippen molar-refractivity contribution >= 4 is 11.8 Å². The van der Waals surface area contributed by atoms with Gasteiger partial charge in [-0.3, -0.25) is 4.79 Å². The predicted molar refractivity (Wildman–Crippen MR) is 75.5 cm³/mol. The van der Waals surface area contributed by atoms with Crippen LogP contribution in [0.1, 0.15) is 43.0 Å². The van der Waals surface area contributed by atoms with Crippen molar-refractivity contribution < 1.29 is 9.90 Å². The van der Waals surface area contributed by atoms with Gasteiger partial charge in [-0.2, -0.15) is 5.26 Å². The first-order valence-corrected chi connectivity index (χ1v) is 7.01. The number of aromatic nitrogens is 1. The van der Waals surface area contributed by atoms with Crippen LogP contribution < -0.4 is 5.32 Å². The van der Waals surface area contributed by atoms with E-state index in [-0.39, 0.29) is 5.92 Å². The van der Waals surface area contributed by atoms with E-state index in [1.54, 1.807) is 6.92 Å². The summed E-state index contributed by atoms with van der Waals surface area (Å²) in [5, 5.41) is 21.1. The summed E-state index contributed by atoms with van der Waals surface area (Å²) < 4.78 is 0. The molecule has 0 saturated heterocycles. The Morgan fingerprint density at radius 1 is 1.60 bits per heavy atom. The number of nitrogens with zero attached hydrogens (tertiary/aromatic N) is 2. The molecule has 0 fully saturated rings. The van der Waals surface area contributed by atoms with E-state index in [0.717, 1.165) is 31.4 Å². The molecule has 1 aliphatic rings. The molecule has 1 heterocycles. The molecule has 0 radical (unpaired) electrons. The third kappa shape index (κ3) is 3.27. The highest BCUT2D eigenvalue weighted by molar-refractivity contribution is 5.69. The second kappa shape index (κ2) is 6.38. The largest absolute Gasteiger partial charge is 0.481 e. The topological polar surface area (TPSA) is 86.0 Å². The maximum atomic E-state index is 10.7. The normalized spacial score (nSPS) is 14.4. The lowest BCUT2D eigenvalue weighted by Crippen LogP contribution is -2.12. The number of nitriles is 1. The zero-order valence-corrected chi connectivity index (χ0v) is 11.6. The Balaban J connectivity index is 1.93. The summed E-state index contributed by atoms with van der Waals surface area (Å²) in [7, 11) is 0. The quantitative estimate of drug-likeness (QED) is 0.777. The van der Waals surface area contributed by atoms with Crippen LogP contribution in [0.5, 0.6) is 0 Å². The molecule has 1 atom stereocenters. The van der Waals surface area contributed by atoms with Gasteiger partial charge in [0, 0.05) is 12.2 Å². The van der Waals surface area contributed by atoms with Crippen LogP contribution >= 0.6 is 0 Å². The van der Waals surface area contributed by atoms with E-state index in [0.29, 0.717) is 24.3 Å². The van der Waals surface area contributed by atoms with Crippen LogP contribution in [-0.2, 0) is 17.6 Å². The first-order valence-electron chi connectivity index (χ1n) is 7.01. The molecule has 20 heavy (non-hydrogen) atoms. The average Bonchev–Trinajstić information content (AvgIpc) is 2.89. The van der Waals surface area contributed by atoms with Gasteiger partial charge >= 0.3 is 5.97 Å². The number of aryl methyl sites for hydroxylation is 2. The Hall–Kier alpha value is -2.09. The molecule has 0 spiro atoms. The molecule has 2 rings (SSSR count). The molecule has 0 bridgehead atoms. The van der Waals surface area contributed by atoms with E-state index in [4.69, 9.17) is 10.4 Å². The Bertz CT molecular complexity index is 549. The second-order valence-electron chi connectivity index (χ2n) is 5.26. The van der Waals surface area contributed by atoms with Gasteiger partial charge in [-0.15, -0.1) is 0 Å². The predicted octanol–water partition coefficient (Wildman–Crippen LogP) is 2.35. The fourth-order valence-corrected chi connectivity index (χ4v) is 2.43. The van der Waals surface area contributed by atoms with Gasteiger partial charge in [0.25, 0.3) is 0 Å². The van der Waals surface area contributed by atoms with Crippen LogP contribution in [0.15, 0.2) is 6.07 Å². The summed E-state index contributed by atoms with van der Waals surface area (Å²) in [5.74, 6) is -0.463. The molecule has 0 amide bonds. The first-order chi connectivity index (χ1) is 9.61. The third-order valence-electron chi connectivity index (χ3n) is 3.70. The molecular weight excluding hydrogens is 254 g/mol. The average molecular weight is 273 g/mol. The highest BCUT2D eigenvalue weighted by atomic mass is 16.4. The highest BCUT2D eigenvalue weighted by Gasteiger charge is 2.16. The van der Waals surface area contributed by atoms with Gasteiger partial charge in [0.1, 0.15) is 11.9 Å². The molecule has 1 unspecified atom stereocenters. The molecule has 1 aromatic rings. The number of pyridine rings is 1. The Morgan fingerprint density at radius 3 is 3.10 bits per heavy atom. The fraction of sp³-hybridized carbons (Fsp3) is 0.533. The molecule has 5 nitrogen and oxygen atoms in total. The van der Waals surface area contributed by atoms with E-state index in [1.807, 2.05) is 6.07 Å². The van der Waals surface area contributed by atoms with Crippen LogP contribution in [-0.4, -0.2) is 22.6 Å². The Morgan fingerprint density at radius 2 is 2.40 bits per heavy atom. The number of hydrogen-bond acceptors (Lipinski definition) is 4. The minimum atomic E-state index is -0.765. The van der Waals surface area contributed by atoms with Crippen molar-refractivity contribution in [3.63, 3.8) is 0 Å². The van der Waals surface area contributed by atoms with Crippen molar-refractivity contribution in [3.05, 3.63) is 22.9 Å². The van der Waals surface area contributed by atoms with E-state index in [2.05, 4.69) is 16.4 Å². The maximum Gasteiger partial charge on any atom is 0.306 e. The summed E-state index contributed by atoms with van der Waals surface area (Å²) in [6, 6.07) is 4.10. The zero-order valence-electron chi connectivity index (χ0n) is 11.6. The minimum absolute atomic E-state index is 0.333. The number of anilines is 1. The van der Waals surface area contributed by atoms with Crippen molar-refractivity contribution in [2.75, 3.05) is 11.9 Å². The number of carboxylic acid groups (broad SMARTS) is 1. The van der Waals surface area contributed by atoms with Gasteiger partial charge in [0.2, 0.25) is 0 Å². The summed E-state index contributed by atoms with van der Waals surface area (Å²) in [4.78, 5) is 15.2. The molecule has 1 aliphatic carbocycles. The lowest BCUT2D eigenvalue weighted by Gasteiger charge is -2.10. The molecule has 106 valence electrons. The smallest absolute Gasteiger partial charge is 0.306 e. The van der Waals surface area contributed by atoms with Crippen LogP contribution in [0.3, 0.4) is 0 Å². The number of carbonyl (C=O) groups is 1. The fourth-order valence-electron chi connectivity index (χ4n) is 2.43. The van der Waals surface area contributed by atoms with Gasteiger partial charge in [0.15, 0.2) is 0 Å². The number of fused-ring (bicyclic) bond motifs is 1. The van der Waals surface area contributed by atoms with Crippen molar-refractivity contribution in [3.8, 4) is 6.07 Å². The standard InChI is InChI=1S/C15H19N3O2/c1-10(15(19)20)4-3-7-17-14-12(9-16)8-11-5-2-6-13(11)18-14/h8,10H,2-7H2,1H3,(H,17,18)(H,19,20). The van der Waals surface area contributed by atoms with Gasteiger partial charge < -0.3 is 10.4 Å². The van der Waals surface area contributed by atoms with E-state index in [1.165, 1.54) is 5.56 Å². The van der Waals surface area contributed by atoms with E-state index >= 15 is 0 Å². The molecule has 1 aromatic heterocycles. The lowest BCUT2D eigenvalue weighted by molar-refractivity contribution is -0.141. The Kier molecular flexibility index (Phi) is 4.57. The number of rotatable bonds is 6. The number of nitrogens with one attached hydrogen (secondary N) is 1. The van der Waals surface area contributed by atoms with Crippen LogP contribution in [0.4, 0.5) is 5.82 Å². The number of hydrogen-bond donors (Lipinski definition) is 2. The molecular formula is C15H19N3O2. The molecule has 0 saturated carbocycles. The van der Waals surface area contributed by atoms with Crippen molar-refractivity contribution in [2.24, 2.45) is 5.92 Å². The van der Waals surface area contributed by atoms with Gasteiger partial charge in [-0.05, 0) is 43.7 Å². The molecule has 5 heteroatoms. The lowest BCUT2D eigenvalue weighted by atomic mass is 10.1. The maximum absolute atomic E-state index is 10.7. The van der Waals surface area contributed by atoms with E-state index in [9.17, 15) is 4.79 Å². The molecule has 0 aromatic carbocycles.